The molecule has 1 aliphatic carbocycles. The molecule has 0 unspecified atom stereocenters. The third-order valence-corrected chi connectivity index (χ3v) is 4.26. The smallest absolute Gasteiger partial charge is 0.129 e. The van der Waals surface area contributed by atoms with Gasteiger partial charge in [0.15, 0.2) is 0 Å². The SMILES string of the molecule is NCc1nnn(Cc2c(F)cccc2Cl)c1C1CCC1. The molecule has 0 spiro atoms. The Bertz CT molecular complexity index is 601. The Morgan fingerprint density at radius 3 is 2.80 bits per heavy atom. The minimum Gasteiger partial charge on any atom is -0.325 e. The van der Waals surface area contributed by atoms with Gasteiger partial charge in [0.25, 0.3) is 0 Å². The highest BCUT2D eigenvalue weighted by molar-refractivity contribution is 6.31. The van der Waals surface area contributed by atoms with Crippen LogP contribution in [-0.4, -0.2) is 15.0 Å². The van der Waals surface area contributed by atoms with E-state index in [1.54, 1.807) is 16.8 Å². The number of nitrogens with two attached hydrogens (primary N) is 1. The quantitative estimate of drug-likeness (QED) is 0.943. The van der Waals surface area contributed by atoms with Crippen molar-refractivity contribution in [3.63, 3.8) is 0 Å². The van der Waals surface area contributed by atoms with Gasteiger partial charge in [-0.25, -0.2) is 9.07 Å². The van der Waals surface area contributed by atoms with Crippen LogP contribution in [0.5, 0.6) is 0 Å². The summed E-state index contributed by atoms with van der Waals surface area (Å²) in [6, 6.07) is 4.69. The molecule has 1 heterocycles. The van der Waals surface area contributed by atoms with Crippen molar-refractivity contribution in [3.8, 4) is 0 Å². The molecule has 2 aromatic rings. The summed E-state index contributed by atoms with van der Waals surface area (Å²) >= 11 is 6.07. The van der Waals surface area contributed by atoms with Crippen molar-refractivity contribution in [1.82, 2.24) is 15.0 Å². The molecular formula is C14H16ClFN4. The van der Waals surface area contributed by atoms with Gasteiger partial charge in [-0.2, -0.15) is 0 Å². The summed E-state index contributed by atoms with van der Waals surface area (Å²) in [6.07, 6.45) is 3.44. The molecule has 106 valence electrons. The zero-order valence-corrected chi connectivity index (χ0v) is 11.8. The zero-order valence-electron chi connectivity index (χ0n) is 11.0. The van der Waals surface area contributed by atoms with Gasteiger partial charge in [0.1, 0.15) is 5.82 Å². The topological polar surface area (TPSA) is 56.7 Å². The third-order valence-electron chi connectivity index (χ3n) is 3.90. The van der Waals surface area contributed by atoms with Gasteiger partial charge in [-0.15, -0.1) is 5.10 Å². The molecule has 1 aromatic carbocycles. The Balaban J connectivity index is 1.96. The Kier molecular flexibility index (Phi) is 3.72. The van der Waals surface area contributed by atoms with Crippen molar-refractivity contribution in [2.45, 2.75) is 38.3 Å². The van der Waals surface area contributed by atoms with Crippen molar-refractivity contribution in [2.75, 3.05) is 0 Å². The average Bonchev–Trinajstić information content (AvgIpc) is 2.75. The van der Waals surface area contributed by atoms with Crippen molar-refractivity contribution >= 4 is 11.6 Å². The molecule has 0 bridgehead atoms. The number of hydrogen-bond donors (Lipinski definition) is 1. The summed E-state index contributed by atoms with van der Waals surface area (Å²) in [5.41, 5.74) is 8.01. The molecule has 2 N–H and O–H groups in total. The van der Waals surface area contributed by atoms with E-state index in [-0.39, 0.29) is 5.82 Å². The molecule has 1 fully saturated rings. The van der Waals surface area contributed by atoms with E-state index in [9.17, 15) is 4.39 Å². The summed E-state index contributed by atoms with van der Waals surface area (Å²) < 4.78 is 15.6. The van der Waals surface area contributed by atoms with E-state index in [1.165, 1.54) is 12.5 Å². The van der Waals surface area contributed by atoms with E-state index in [0.717, 1.165) is 24.2 Å². The maximum absolute atomic E-state index is 13.9. The number of halogens is 2. The Morgan fingerprint density at radius 2 is 2.20 bits per heavy atom. The first-order chi connectivity index (χ1) is 9.70. The second-order valence-electron chi connectivity index (χ2n) is 5.11. The van der Waals surface area contributed by atoms with Crippen molar-refractivity contribution in [2.24, 2.45) is 5.73 Å². The van der Waals surface area contributed by atoms with Crippen LogP contribution in [0.2, 0.25) is 5.02 Å². The summed E-state index contributed by atoms with van der Waals surface area (Å²) in [4.78, 5) is 0. The van der Waals surface area contributed by atoms with Crippen LogP contribution in [0.15, 0.2) is 18.2 Å². The van der Waals surface area contributed by atoms with E-state index in [2.05, 4.69) is 10.3 Å². The number of rotatable bonds is 4. The van der Waals surface area contributed by atoms with E-state index >= 15 is 0 Å². The van der Waals surface area contributed by atoms with Gasteiger partial charge in [-0.1, -0.05) is 29.3 Å². The molecule has 0 atom stereocenters. The average molecular weight is 295 g/mol. The van der Waals surface area contributed by atoms with Gasteiger partial charge < -0.3 is 5.73 Å². The summed E-state index contributed by atoms with van der Waals surface area (Å²) in [7, 11) is 0. The van der Waals surface area contributed by atoms with E-state index in [4.69, 9.17) is 17.3 Å². The number of aromatic nitrogens is 3. The molecule has 0 amide bonds. The van der Waals surface area contributed by atoms with Gasteiger partial charge in [0.2, 0.25) is 0 Å². The molecule has 1 aromatic heterocycles. The Hall–Kier alpha value is -1.46. The number of benzene rings is 1. The second-order valence-corrected chi connectivity index (χ2v) is 5.52. The Morgan fingerprint density at radius 1 is 1.40 bits per heavy atom. The first-order valence-electron chi connectivity index (χ1n) is 6.76. The standard InChI is InChI=1S/C14H16ClFN4/c15-11-5-2-6-12(16)10(11)8-20-14(9-3-1-4-9)13(7-17)18-19-20/h2,5-6,9H,1,3-4,7-8,17H2. The summed E-state index contributed by atoms with van der Waals surface area (Å²) in [5.74, 6) is 0.121. The Labute approximate surface area is 121 Å². The van der Waals surface area contributed by atoms with Gasteiger partial charge in [-0.3, -0.25) is 0 Å². The van der Waals surface area contributed by atoms with Crippen LogP contribution < -0.4 is 5.73 Å². The molecule has 0 saturated heterocycles. The van der Waals surface area contributed by atoms with Gasteiger partial charge in [0.05, 0.1) is 17.9 Å². The lowest BCUT2D eigenvalue weighted by atomic mass is 9.82. The predicted molar refractivity (Wildman–Crippen MR) is 75.0 cm³/mol. The fraction of sp³-hybridized carbons (Fsp3) is 0.429. The van der Waals surface area contributed by atoms with Crippen LogP contribution >= 0.6 is 11.6 Å². The highest BCUT2D eigenvalue weighted by atomic mass is 35.5. The van der Waals surface area contributed by atoms with E-state index in [1.807, 2.05) is 0 Å². The fourth-order valence-corrected chi connectivity index (χ4v) is 2.80. The van der Waals surface area contributed by atoms with Crippen molar-refractivity contribution in [3.05, 3.63) is 46.0 Å². The first-order valence-corrected chi connectivity index (χ1v) is 7.13. The van der Waals surface area contributed by atoms with Crippen molar-refractivity contribution in [1.29, 1.82) is 0 Å². The van der Waals surface area contributed by atoms with Gasteiger partial charge in [-0.05, 0) is 25.0 Å². The van der Waals surface area contributed by atoms with Crippen LogP contribution in [0.1, 0.15) is 42.1 Å². The van der Waals surface area contributed by atoms with Crippen LogP contribution in [0.3, 0.4) is 0 Å². The molecule has 6 heteroatoms. The highest BCUT2D eigenvalue weighted by Gasteiger charge is 2.27. The monoisotopic (exact) mass is 294 g/mol. The molecule has 1 saturated carbocycles. The predicted octanol–water partition coefficient (Wildman–Crippen LogP) is 2.85. The molecule has 20 heavy (non-hydrogen) atoms. The largest absolute Gasteiger partial charge is 0.325 e. The third kappa shape index (κ3) is 2.31. The molecular weight excluding hydrogens is 279 g/mol. The maximum atomic E-state index is 13.9. The fourth-order valence-electron chi connectivity index (χ4n) is 2.58. The lowest BCUT2D eigenvalue weighted by Gasteiger charge is -2.26. The first kappa shape index (κ1) is 13.5. The van der Waals surface area contributed by atoms with Gasteiger partial charge >= 0.3 is 0 Å². The molecule has 1 aliphatic rings. The molecule has 0 radical (unpaired) electrons. The highest BCUT2D eigenvalue weighted by Crippen LogP contribution is 2.37. The minimum absolute atomic E-state index is 0.296. The van der Waals surface area contributed by atoms with Crippen LogP contribution in [-0.2, 0) is 13.1 Å². The van der Waals surface area contributed by atoms with E-state index < -0.39 is 0 Å². The molecule has 3 rings (SSSR count). The lowest BCUT2D eigenvalue weighted by Crippen LogP contribution is -2.18. The van der Waals surface area contributed by atoms with Gasteiger partial charge in [0, 0.05) is 23.0 Å². The van der Waals surface area contributed by atoms with E-state index in [0.29, 0.717) is 29.6 Å². The minimum atomic E-state index is -0.318. The number of hydrogen-bond acceptors (Lipinski definition) is 3. The molecule has 4 nitrogen and oxygen atoms in total. The maximum Gasteiger partial charge on any atom is 0.129 e. The van der Waals surface area contributed by atoms with Crippen molar-refractivity contribution < 1.29 is 4.39 Å². The lowest BCUT2D eigenvalue weighted by molar-refractivity contribution is 0.389. The van der Waals surface area contributed by atoms with Crippen LogP contribution in [0, 0.1) is 5.82 Å². The zero-order chi connectivity index (χ0) is 14.1. The number of nitrogens with zero attached hydrogens (tertiary/aromatic N) is 3. The second kappa shape index (κ2) is 5.50. The van der Waals surface area contributed by atoms with Crippen LogP contribution in [0.25, 0.3) is 0 Å². The normalized spacial score (nSPS) is 15.3. The molecule has 0 aliphatic heterocycles. The van der Waals surface area contributed by atoms with Crippen LogP contribution in [0.4, 0.5) is 4.39 Å². The summed E-state index contributed by atoms with van der Waals surface area (Å²) in [5, 5.41) is 8.66. The summed E-state index contributed by atoms with van der Waals surface area (Å²) in [6.45, 7) is 0.654.